The number of rotatable bonds is 1. The second-order valence-corrected chi connectivity index (χ2v) is 2.95. The van der Waals surface area contributed by atoms with E-state index in [1.165, 1.54) is 12.8 Å². The number of allylic oxidation sites excluding steroid dienone is 3. The molecule has 0 radical (unpaired) electrons. The molecule has 0 fully saturated rings. The fourth-order valence-electron chi connectivity index (χ4n) is 1.32. The Bertz CT molecular complexity index is 189. The van der Waals surface area contributed by atoms with Crippen molar-refractivity contribution in [2.24, 2.45) is 0 Å². The number of carbonyl (C=O) groups is 1. The van der Waals surface area contributed by atoms with Gasteiger partial charge in [-0.1, -0.05) is 19.1 Å². The number of hydrogen-bond acceptors (Lipinski definition) is 1. The van der Waals surface area contributed by atoms with E-state index in [0.29, 0.717) is 0 Å². The molecule has 1 nitrogen and oxygen atoms in total. The summed E-state index contributed by atoms with van der Waals surface area (Å²) in [5, 5.41) is 0. The lowest BCUT2D eigenvalue weighted by Gasteiger charge is -2.05. The van der Waals surface area contributed by atoms with Crippen LogP contribution in [0.2, 0.25) is 0 Å². The third-order valence-corrected chi connectivity index (χ3v) is 2.00. The van der Waals surface area contributed by atoms with Gasteiger partial charge in [0.05, 0.1) is 0 Å². The summed E-state index contributed by atoms with van der Waals surface area (Å²) < 4.78 is 0. The highest BCUT2D eigenvalue weighted by Gasteiger charge is 2.03. The zero-order valence-electron chi connectivity index (χ0n) is 6.81. The zero-order chi connectivity index (χ0) is 8.10. The molecule has 0 amide bonds. The van der Waals surface area contributed by atoms with Gasteiger partial charge in [0, 0.05) is 6.42 Å². The first-order valence-electron chi connectivity index (χ1n) is 4.19. The first-order chi connectivity index (χ1) is 5.33. The van der Waals surface area contributed by atoms with E-state index in [1.54, 1.807) is 12.2 Å². The van der Waals surface area contributed by atoms with Crippen LogP contribution < -0.4 is 0 Å². The minimum Gasteiger partial charge on any atom is -0.295 e. The van der Waals surface area contributed by atoms with Crippen LogP contribution in [0.4, 0.5) is 0 Å². The highest BCUT2D eigenvalue weighted by Crippen LogP contribution is 2.15. The van der Waals surface area contributed by atoms with Gasteiger partial charge in [-0.3, -0.25) is 4.79 Å². The molecule has 0 atom stereocenters. The summed E-state index contributed by atoms with van der Waals surface area (Å²) in [6, 6.07) is 0. The van der Waals surface area contributed by atoms with Crippen molar-refractivity contribution in [2.75, 3.05) is 0 Å². The molecule has 1 heteroatoms. The van der Waals surface area contributed by atoms with Crippen LogP contribution in [0.3, 0.4) is 0 Å². The Kier molecular flexibility index (Phi) is 3.09. The van der Waals surface area contributed by atoms with Gasteiger partial charge in [0.2, 0.25) is 0 Å². The molecule has 1 aliphatic carbocycles. The lowest BCUT2D eigenvalue weighted by atomic mass is 9.99. The van der Waals surface area contributed by atoms with E-state index in [4.69, 9.17) is 0 Å². The average Bonchev–Trinajstić information content (AvgIpc) is 1.96. The predicted molar refractivity (Wildman–Crippen MR) is 46.4 cm³/mol. The van der Waals surface area contributed by atoms with Gasteiger partial charge >= 0.3 is 0 Å². The van der Waals surface area contributed by atoms with E-state index in [2.05, 4.69) is 6.58 Å². The van der Waals surface area contributed by atoms with Gasteiger partial charge in [-0.25, -0.2) is 0 Å². The molecule has 0 spiro atoms. The molecule has 0 aromatic carbocycles. The molecule has 0 N–H and O–H groups in total. The van der Waals surface area contributed by atoms with E-state index < -0.39 is 0 Å². The SMILES string of the molecule is C=C/C1=C/C(=O)CCCCC1. The first-order valence-corrected chi connectivity index (χ1v) is 4.19. The van der Waals surface area contributed by atoms with E-state index >= 15 is 0 Å². The molecular weight excluding hydrogens is 136 g/mol. The van der Waals surface area contributed by atoms with Crippen molar-refractivity contribution < 1.29 is 4.79 Å². The van der Waals surface area contributed by atoms with Gasteiger partial charge in [-0.05, 0) is 30.9 Å². The summed E-state index contributed by atoms with van der Waals surface area (Å²) in [5.41, 5.74) is 1.11. The summed E-state index contributed by atoms with van der Waals surface area (Å²) in [7, 11) is 0. The first kappa shape index (κ1) is 8.25. The van der Waals surface area contributed by atoms with Crippen molar-refractivity contribution in [2.45, 2.75) is 32.1 Å². The Labute approximate surface area is 67.8 Å². The van der Waals surface area contributed by atoms with E-state index in [1.807, 2.05) is 0 Å². The number of hydrogen-bond donors (Lipinski definition) is 0. The molecule has 0 saturated heterocycles. The van der Waals surface area contributed by atoms with E-state index in [0.717, 1.165) is 24.8 Å². The van der Waals surface area contributed by atoms with E-state index in [9.17, 15) is 4.79 Å². The van der Waals surface area contributed by atoms with Crippen molar-refractivity contribution in [1.29, 1.82) is 0 Å². The normalized spacial score (nSPS) is 24.7. The van der Waals surface area contributed by atoms with E-state index in [-0.39, 0.29) is 5.78 Å². The quantitative estimate of drug-likeness (QED) is 0.561. The smallest absolute Gasteiger partial charge is 0.155 e. The fraction of sp³-hybridized carbons (Fsp3) is 0.500. The predicted octanol–water partition coefficient (Wildman–Crippen LogP) is 2.63. The summed E-state index contributed by atoms with van der Waals surface area (Å²) in [6.07, 6.45) is 8.71. The van der Waals surface area contributed by atoms with Crippen LogP contribution in [0.15, 0.2) is 24.3 Å². The van der Waals surface area contributed by atoms with Crippen molar-refractivity contribution in [3.63, 3.8) is 0 Å². The summed E-state index contributed by atoms with van der Waals surface area (Å²) in [6.45, 7) is 3.67. The second kappa shape index (κ2) is 4.12. The molecule has 0 heterocycles. The van der Waals surface area contributed by atoms with Gasteiger partial charge < -0.3 is 0 Å². The number of carbonyl (C=O) groups excluding carboxylic acids is 1. The molecule has 60 valence electrons. The fourth-order valence-corrected chi connectivity index (χ4v) is 1.32. The molecule has 11 heavy (non-hydrogen) atoms. The molecule has 1 aliphatic rings. The Hall–Kier alpha value is -0.850. The van der Waals surface area contributed by atoms with Crippen LogP contribution in [0.5, 0.6) is 0 Å². The van der Waals surface area contributed by atoms with Gasteiger partial charge in [0.15, 0.2) is 5.78 Å². The molecule has 0 aromatic rings. The molecule has 0 aliphatic heterocycles. The lowest BCUT2D eigenvalue weighted by Crippen LogP contribution is -1.98. The standard InChI is InChI=1S/C10H14O/c1-2-9-6-4-3-5-7-10(11)8-9/h2,8H,1,3-7H2/b9-8-. The maximum Gasteiger partial charge on any atom is 0.155 e. The summed E-state index contributed by atoms with van der Waals surface area (Å²) in [4.78, 5) is 11.1. The van der Waals surface area contributed by atoms with Crippen LogP contribution in [-0.4, -0.2) is 5.78 Å². The van der Waals surface area contributed by atoms with Gasteiger partial charge in [-0.2, -0.15) is 0 Å². The highest BCUT2D eigenvalue weighted by atomic mass is 16.1. The van der Waals surface area contributed by atoms with Crippen molar-refractivity contribution >= 4 is 5.78 Å². The maximum absolute atomic E-state index is 11.1. The molecule has 1 rings (SSSR count). The van der Waals surface area contributed by atoms with Crippen LogP contribution >= 0.6 is 0 Å². The Morgan fingerprint density at radius 2 is 2.00 bits per heavy atom. The summed E-state index contributed by atoms with van der Waals surface area (Å²) in [5.74, 6) is 0.264. The average molecular weight is 150 g/mol. The third kappa shape index (κ3) is 2.71. The van der Waals surface area contributed by atoms with Crippen molar-refractivity contribution in [1.82, 2.24) is 0 Å². The van der Waals surface area contributed by atoms with Gasteiger partial charge in [-0.15, -0.1) is 0 Å². The number of ketones is 1. The molecule has 0 saturated carbocycles. The van der Waals surface area contributed by atoms with Crippen molar-refractivity contribution in [3.05, 3.63) is 24.3 Å². The second-order valence-electron chi connectivity index (χ2n) is 2.95. The van der Waals surface area contributed by atoms with Crippen molar-refractivity contribution in [3.8, 4) is 0 Å². The Balaban J connectivity index is 2.64. The van der Waals surface area contributed by atoms with Gasteiger partial charge in [0.1, 0.15) is 0 Å². The molecule has 0 bridgehead atoms. The minimum atomic E-state index is 0.264. The Morgan fingerprint density at radius 1 is 1.27 bits per heavy atom. The van der Waals surface area contributed by atoms with Crippen LogP contribution in [0, 0.1) is 0 Å². The van der Waals surface area contributed by atoms with Gasteiger partial charge in [0.25, 0.3) is 0 Å². The maximum atomic E-state index is 11.1. The van der Waals surface area contributed by atoms with Crippen LogP contribution in [0.1, 0.15) is 32.1 Å². The monoisotopic (exact) mass is 150 g/mol. The zero-order valence-corrected chi connectivity index (χ0v) is 6.81. The third-order valence-electron chi connectivity index (χ3n) is 2.00. The Morgan fingerprint density at radius 3 is 2.73 bits per heavy atom. The molecule has 0 unspecified atom stereocenters. The topological polar surface area (TPSA) is 17.1 Å². The van der Waals surface area contributed by atoms with Crippen LogP contribution in [0.25, 0.3) is 0 Å². The highest BCUT2D eigenvalue weighted by molar-refractivity contribution is 5.90. The summed E-state index contributed by atoms with van der Waals surface area (Å²) >= 11 is 0. The van der Waals surface area contributed by atoms with Crippen LogP contribution in [-0.2, 0) is 4.79 Å². The minimum absolute atomic E-state index is 0.264. The lowest BCUT2D eigenvalue weighted by molar-refractivity contribution is -0.114. The molecular formula is C10H14O. The molecule has 0 aromatic heterocycles. The largest absolute Gasteiger partial charge is 0.295 e.